The molecular weight excluding hydrogens is 256 g/mol. The zero-order chi connectivity index (χ0) is 14.5. The van der Waals surface area contributed by atoms with Crippen molar-refractivity contribution in [3.63, 3.8) is 0 Å². The molecular formula is C14H26N4S. The predicted octanol–water partition coefficient (Wildman–Crippen LogP) is 2.76. The van der Waals surface area contributed by atoms with E-state index in [-0.39, 0.29) is 5.41 Å². The summed E-state index contributed by atoms with van der Waals surface area (Å²) in [6, 6.07) is 0. The van der Waals surface area contributed by atoms with Gasteiger partial charge in [-0.15, -0.1) is 11.3 Å². The lowest BCUT2D eigenvalue weighted by molar-refractivity contribution is 0.570. The van der Waals surface area contributed by atoms with Gasteiger partial charge in [-0.2, -0.15) is 0 Å². The fraction of sp³-hybridized carbons (Fsp3) is 0.714. The van der Waals surface area contributed by atoms with Gasteiger partial charge < -0.3 is 10.6 Å². The summed E-state index contributed by atoms with van der Waals surface area (Å²) in [6.07, 6.45) is 0. The van der Waals surface area contributed by atoms with E-state index >= 15 is 0 Å². The second-order valence-electron chi connectivity index (χ2n) is 6.08. The molecule has 0 aliphatic heterocycles. The summed E-state index contributed by atoms with van der Waals surface area (Å²) >= 11 is 1.70. The molecule has 0 bridgehead atoms. The first-order chi connectivity index (χ1) is 8.82. The fourth-order valence-electron chi connectivity index (χ4n) is 1.42. The van der Waals surface area contributed by atoms with Gasteiger partial charge in [0.2, 0.25) is 0 Å². The number of guanidine groups is 1. The van der Waals surface area contributed by atoms with E-state index < -0.39 is 0 Å². The highest BCUT2D eigenvalue weighted by molar-refractivity contribution is 7.09. The van der Waals surface area contributed by atoms with Gasteiger partial charge in [0.25, 0.3) is 0 Å². The van der Waals surface area contributed by atoms with Crippen LogP contribution in [0.5, 0.6) is 0 Å². The Morgan fingerprint density at radius 3 is 2.53 bits per heavy atom. The Balaban J connectivity index is 2.49. The van der Waals surface area contributed by atoms with E-state index in [0.717, 1.165) is 29.8 Å². The average molecular weight is 282 g/mol. The minimum Gasteiger partial charge on any atom is -0.356 e. The molecule has 1 aromatic rings. The molecule has 0 atom stereocenters. The van der Waals surface area contributed by atoms with E-state index in [1.165, 1.54) is 0 Å². The lowest BCUT2D eigenvalue weighted by Crippen LogP contribution is -2.38. The molecule has 4 nitrogen and oxygen atoms in total. The summed E-state index contributed by atoms with van der Waals surface area (Å²) in [5.74, 6) is 1.44. The fourth-order valence-corrected chi connectivity index (χ4v) is 2.38. The van der Waals surface area contributed by atoms with E-state index in [1.54, 1.807) is 18.4 Å². The molecule has 0 aliphatic carbocycles. The van der Waals surface area contributed by atoms with Crippen molar-refractivity contribution >= 4 is 17.3 Å². The molecule has 108 valence electrons. The van der Waals surface area contributed by atoms with Crippen LogP contribution in [0.15, 0.2) is 10.4 Å². The molecule has 0 aromatic carbocycles. The van der Waals surface area contributed by atoms with Crippen LogP contribution in [0.3, 0.4) is 0 Å². The maximum atomic E-state index is 4.66. The van der Waals surface area contributed by atoms with Gasteiger partial charge in [-0.05, 0) is 5.92 Å². The number of thiazole rings is 1. The van der Waals surface area contributed by atoms with E-state index in [9.17, 15) is 0 Å². The van der Waals surface area contributed by atoms with E-state index in [1.807, 2.05) is 0 Å². The van der Waals surface area contributed by atoms with Gasteiger partial charge in [0, 0.05) is 24.4 Å². The zero-order valence-corrected chi connectivity index (χ0v) is 13.7. The third-order valence-corrected chi connectivity index (χ3v) is 3.48. The molecule has 19 heavy (non-hydrogen) atoms. The van der Waals surface area contributed by atoms with Crippen molar-refractivity contribution < 1.29 is 0 Å². The van der Waals surface area contributed by atoms with Crippen molar-refractivity contribution in [2.45, 2.75) is 46.6 Å². The van der Waals surface area contributed by atoms with E-state index in [0.29, 0.717) is 5.92 Å². The van der Waals surface area contributed by atoms with Crippen LogP contribution in [0.1, 0.15) is 45.3 Å². The standard InChI is InChI=1S/C14H26N4S/c1-10(2)7-16-13(15-6)17-8-12-18-11(9-19-12)14(3,4)5/h9-10H,7-8H2,1-6H3,(H2,15,16,17). The minimum absolute atomic E-state index is 0.117. The largest absolute Gasteiger partial charge is 0.356 e. The average Bonchev–Trinajstić information content (AvgIpc) is 2.77. The highest BCUT2D eigenvalue weighted by atomic mass is 32.1. The third kappa shape index (κ3) is 5.59. The third-order valence-electron chi connectivity index (χ3n) is 2.63. The molecule has 0 saturated carbocycles. The minimum atomic E-state index is 0.117. The number of nitrogens with zero attached hydrogens (tertiary/aromatic N) is 2. The van der Waals surface area contributed by atoms with Crippen LogP contribution in [-0.2, 0) is 12.0 Å². The lowest BCUT2D eigenvalue weighted by Gasteiger charge is -2.14. The van der Waals surface area contributed by atoms with E-state index in [4.69, 9.17) is 0 Å². The molecule has 0 unspecified atom stereocenters. The molecule has 0 fully saturated rings. The van der Waals surface area contributed by atoms with Gasteiger partial charge in [-0.3, -0.25) is 4.99 Å². The summed E-state index contributed by atoms with van der Waals surface area (Å²) in [4.78, 5) is 8.86. The normalized spacial score (nSPS) is 12.9. The molecule has 0 saturated heterocycles. The molecule has 0 aliphatic rings. The second-order valence-corrected chi connectivity index (χ2v) is 7.02. The molecule has 0 spiro atoms. The Hall–Kier alpha value is -1.10. The number of aromatic nitrogens is 1. The Labute approximate surface area is 120 Å². The Kier molecular flexibility index (Phi) is 5.79. The monoisotopic (exact) mass is 282 g/mol. The van der Waals surface area contributed by atoms with Gasteiger partial charge in [0.15, 0.2) is 5.96 Å². The highest BCUT2D eigenvalue weighted by Crippen LogP contribution is 2.23. The SMILES string of the molecule is CN=C(NCc1nc(C(C)(C)C)cs1)NCC(C)C. The highest BCUT2D eigenvalue weighted by Gasteiger charge is 2.17. The van der Waals surface area contributed by atoms with Crippen LogP contribution in [0.2, 0.25) is 0 Å². The number of rotatable bonds is 4. The Morgan fingerprint density at radius 1 is 1.37 bits per heavy atom. The van der Waals surface area contributed by atoms with Crippen molar-refractivity contribution in [3.8, 4) is 0 Å². The van der Waals surface area contributed by atoms with Crippen LogP contribution in [0, 0.1) is 5.92 Å². The smallest absolute Gasteiger partial charge is 0.191 e. The van der Waals surface area contributed by atoms with Gasteiger partial charge in [0.05, 0.1) is 12.2 Å². The number of aliphatic imine (C=N–C) groups is 1. The summed E-state index contributed by atoms with van der Waals surface area (Å²) in [5.41, 5.74) is 1.27. The number of hydrogen-bond acceptors (Lipinski definition) is 3. The molecule has 2 N–H and O–H groups in total. The lowest BCUT2D eigenvalue weighted by atomic mass is 9.93. The van der Waals surface area contributed by atoms with Crippen molar-refractivity contribution in [3.05, 3.63) is 16.1 Å². The summed E-state index contributed by atoms with van der Waals surface area (Å²) in [6.45, 7) is 12.5. The van der Waals surface area contributed by atoms with Crippen LogP contribution < -0.4 is 10.6 Å². The first-order valence-corrected chi connectivity index (χ1v) is 7.60. The molecule has 0 amide bonds. The van der Waals surface area contributed by atoms with Crippen LogP contribution in [-0.4, -0.2) is 24.5 Å². The quantitative estimate of drug-likeness (QED) is 0.659. The predicted molar refractivity (Wildman–Crippen MR) is 83.9 cm³/mol. The molecule has 1 rings (SSSR count). The Bertz CT molecular complexity index is 415. The first-order valence-electron chi connectivity index (χ1n) is 6.72. The Morgan fingerprint density at radius 2 is 2.05 bits per heavy atom. The molecule has 5 heteroatoms. The van der Waals surface area contributed by atoms with Crippen molar-refractivity contribution in [2.75, 3.05) is 13.6 Å². The molecule has 0 radical (unpaired) electrons. The first kappa shape index (κ1) is 16.0. The van der Waals surface area contributed by atoms with Crippen molar-refractivity contribution in [1.29, 1.82) is 0 Å². The maximum absolute atomic E-state index is 4.66. The summed E-state index contributed by atoms with van der Waals surface area (Å²) < 4.78 is 0. The zero-order valence-electron chi connectivity index (χ0n) is 12.9. The summed E-state index contributed by atoms with van der Waals surface area (Å²) in [5, 5.41) is 9.82. The summed E-state index contributed by atoms with van der Waals surface area (Å²) in [7, 11) is 1.79. The number of hydrogen-bond donors (Lipinski definition) is 2. The van der Waals surface area contributed by atoms with E-state index in [2.05, 4.69) is 60.6 Å². The number of nitrogens with one attached hydrogen (secondary N) is 2. The van der Waals surface area contributed by atoms with Crippen LogP contribution in [0.4, 0.5) is 0 Å². The van der Waals surface area contributed by atoms with Gasteiger partial charge >= 0.3 is 0 Å². The van der Waals surface area contributed by atoms with Gasteiger partial charge in [-0.1, -0.05) is 34.6 Å². The van der Waals surface area contributed by atoms with Crippen molar-refractivity contribution in [1.82, 2.24) is 15.6 Å². The molecule has 1 heterocycles. The maximum Gasteiger partial charge on any atom is 0.191 e. The molecule has 1 aromatic heterocycles. The van der Waals surface area contributed by atoms with Crippen LogP contribution in [0.25, 0.3) is 0 Å². The van der Waals surface area contributed by atoms with Gasteiger partial charge in [0.1, 0.15) is 5.01 Å². The van der Waals surface area contributed by atoms with Crippen LogP contribution >= 0.6 is 11.3 Å². The topological polar surface area (TPSA) is 49.3 Å². The van der Waals surface area contributed by atoms with Crippen molar-refractivity contribution in [2.24, 2.45) is 10.9 Å². The van der Waals surface area contributed by atoms with Gasteiger partial charge in [-0.25, -0.2) is 4.98 Å². The second kappa shape index (κ2) is 6.89.